The molecule has 0 radical (unpaired) electrons. The van der Waals surface area contributed by atoms with Crippen molar-refractivity contribution < 1.29 is 13.9 Å². The monoisotopic (exact) mass is 452 g/mol. The summed E-state index contributed by atoms with van der Waals surface area (Å²) in [6.07, 6.45) is 6.40. The second-order valence-corrected chi connectivity index (χ2v) is 14.2. The normalized spacial score (nSPS) is 18.3. The molecule has 0 aromatic heterocycles. The van der Waals surface area contributed by atoms with Crippen LogP contribution in [0.3, 0.4) is 0 Å². The highest BCUT2D eigenvalue weighted by Crippen LogP contribution is 2.37. The predicted molar refractivity (Wildman–Crippen MR) is 136 cm³/mol. The van der Waals surface area contributed by atoms with E-state index in [1.165, 1.54) is 22.4 Å². The third-order valence-corrected chi connectivity index (χ3v) is 11.7. The number of rotatable bonds is 10. The summed E-state index contributed by atoms with van der Waals surface area (Å²) in [6.45, 7) is 10.9. The topological polar surface area (TPSA) is 27.7 Å². The van der Waals surface area contributed by atoms with Crippen LogP contribution in [0, 0.1) is 5.92 Å². The third kappa shape index (κ3) is 5.79. The van der Waals surface area contributed by atoms with Gasteiger partial charge in [-0.1, -0.05) is 100 Å². The lowest BCUT2D eigenvalue weighted by Gasteiger charge is -2.43. The van der Waals surface area contributed by atoms with E-state index in [4.69, 9.17) is 13.9 Å². The largest absolute Gasteiger partial charge is 0.407 e. The standard InChI is InChI=1S/C28H40O3Si/c1-23(24-19-21-30-27(22-24)29-5)14-12-13-20-31-32(28(2,3)4,25-15-8-6-9-16-25)26-17-10-7-11-18-26/h6-11,15-18,22-23,27H,12-14,19-21H2,1-5H3. The van der Waals surface area contributed by atoms with Gasteiger partial charge in [0.05, 0.1) is 6.61 Å². The first-order chi connectivity index (χ1) is 15.4. The Morgan fingerprint density at radius 3 is 2.09 bits per heavy atom. The molecule has 0 saturated heterocycles. The molecule has 0 aliphatic carbocycles. The zero-order chi connectivity index (χ0) is 23.0. The minimum Gasteiger partial charge on any atom is -0.407 e. The maximum absolute atomic E-state index is 7.01. The molecule has 0 spiro atoms. The first-order valence-corrected chi connectivity index (χ1v) is 13.9. The van der Waals surface area contributed by atoms with Crippen LogP contribution in [-0.2, 0) is 13.9 Å². The van der Waals surface area contributed by atoms with Crippen molar-refractivity contribution >= 4 is 18.7 Å². The van der Waals surface area contributed by atoms with E-state index in [2.05, 4.69) is 94.4 Å². The predicted octanol–water partition coefficient (Wildman–Crippen LogP) is 5.69. The summed E-state index contributed by atoms with van der Waals surface area (Å²) < 4.78 is 18.0. The molecule has 1 aliphatic rings. The first-order valence-electron chi connectivity index (χ1n) is 12.0. The van der Waals surface area contributed by atoms with Gasteiger partial charge in [-0.25, -0.2) is 0 Å². The average Bonchev–Trinajstić information content (AvgIpc) is 2.81. The van der Waals surface area contributed by atoms with Crippen LogP contribution in [0.15, 0.2) is 72.3 Å². The smallest absolute Gasteiger partial charge is 0.261 e. The van der Waals surface area contributed by atoms with E-state index in [0.717, 1.165) is 32.5 Å². The first kappa shape index (κ1) is 24.9. The number of methoxy groups -OCH3 is 1. The van der Waals surface area contributed by atoms with Gasteiger partial charge in [0.15, 0.2) is 6.29 Å². The van der Waals surface area contributed by atoms with Crippen LogP contribution in [0.4, 0.5) is 0 Å². The Hall–Kier alpha value is -1.72. The van der Waals surface area contributed by atoms with Gasteiger partial charge < -0.3 is 13.9 Å². The van der Waals surface area contributed by atoms with Crippen LogP contribution in [0.1, 0.15) is 53.4 Å². The summed E-state index contributed by atoms with van der Waals surface area (Å²) in [6, 6.07) is 21.8. The summed E-state index contributed by atoms with van der Waals surface area (Å²) in [4.78, 5) is 0. The van der Waals surface area contributed by atoms with Gasteiger partial charge in [-0.2, -0.15) is 0 Å². The molecular weight excluding hydrogens is 412 g/mol. The van der Waals surface area contributed by atoms with Crippen LogP contribution in [0.2, 0.25) is 5.04 Å². The Labute approximate surface area is 195 Å². The van der Waals surface area contributed by atoms with Crippen LogP contribution in [0.25, 0.3) is 0 Å². The highest BCUT2D eigenvalue weighted by atomic mass is 28.4. The number of hydrogen-bond acceptors (Lipinski definition) is 3. The Bertz CT molecular complexity index is 802. The molecule has 1 aliphatic heterocycles. The van der Waals surface area contributed by atoms with Crippen molar-refractivity contribution in [3.05, 3.63) is 72.3 Å². The summed E-state index contributed by atoms with van der Waals surface area (Å²) >= 11 is 0. The van der Waals surface area contributed by atoms with Gasteiger partial charge in [-0.05, 0) is 46.7 Å². The fourth-order valence-corrected chi connectivity index (χ4v) is 9.48. The molecule has 3 nitrogen and oxygen atoms in total. The van der Waals surface area contributed by atoms with Crippen molar-refractivity contribution in [2.45, 2.75) is 64.7 Å². The molecule has 0 amide bonds. The molecule has 32 heavy (non-hydrogen) atoms. The van der Waals surface area contributed by atoms with E-state index in [1.807, 2.05) is 0 Å². The molecule has 2 aromatic rings. The van der Waals surface area contributed by atoms with E-state index >= 15 is 0 Å². The Morgan fingerprint density at radius 2 is 1.56 bits per heavy atom. The second-order valence-electron chi connectivity index (χ2n) is 9.87. The number of hydrogen-bond donors (Lipinski definition) is 0. The van der Waals surface area contributed by atoms with Crippen LogP contribution >= 0.6 is 0 Å². The second kappa shape index (κ2) is 11.4. The maximum Gasteiger partial charge on any atom is 0.261 e. The highest BCUT2D eigenvalue weighted by Gasteiger charge is 2.49. The number of ether oxygens (including phenoxy) is 2. The zero-order valence-corrected chi connectivity index (χ0v) is 21.5. The third-order valence-electron chi connectivity index (χ3n) is 6.66. The van der Waals surface area contributed by atoms with E-state index < -0.39 is 8.32 Å². The van der Waals surface area contributed by atoms with E-state index in [0.29, 0.717) is 5.92 Å². The molecule has 0 fully saturated rings. The fourth-order valence-electron chi connectivity index (χ4n) is 4.87. The molecule has 0 bridgehead atoms. The SMILES string of the molecule is COC1C=C(C(C)CCCCO[Si](c2ccccc2)(c2ccccc2)C(C)(C)C)CCO1. The molecular formula is C28H40O3Si. The van der Waals surface area contributed by atoms with Gasteiger partial charge in [-0.3, -0.25) is 0 Å². The molecule has 1 heterocycles. The van der Waals surface area contributed by atoms with E-state index in [-0.39, 0.29) is 11.3 Å². The van der Waals surface area contributed by atoms with Gasteiger partial charge in [0, 0.05) is 13.7 Å². The van der Waals surface area contributed by atoms with Crippen LogP contribution in [-0.4, -0.2) is 34.9 Å². The van der Waals surface area contributed by atoms with Gasteiger partial charge >= 0.3 is 0 Å². The Kier molecular flexibility index (Phi) is 8.89. The molecule has 0 N–H and O–H groups in total. The molecule has 2 aromatic carbocycles. The quantitative estimate of drug-likeness (QED) is 0.263. The van der Waals surface area contributed by atoms with Crippen molar-refractivity contribution in [2.24, 2.45) is 5.92 Å². The van der Waals surface area contributed by atoms with Crippen molar-refractivity contribution in [2.75, 3.05) is 20.3 Å². The molecule has 2 unspecified atom stereocenters. The van der Waals surface area contributed by atoms with Crippen LogP contribution < -0.4 is 10.4 Å². The lowest BCUT2D eigenvalue weighted by atomic mass is 9.92. The minimum absolute atomic E-state index is 0.0328. The van der Waals surface area contributed by atoms with Crippen molar-refractivity contribution in [1.29, 1.82) is 0 Å². The summed E-state index contributed by atoms with van der Waals surface area (Å²) in [5.41, 5.74) is 1.47. The zero-order valence-electron chi connectivity index (χ0n) is 20.5. The fraction of sp³-hybridized carbons (Fsp3) is 0.500. The molecule has 2 atom stereocenters. The summed E-state index contributed by atoms with van der Waals surface area (Å²) in [5, 5.41) is 2.74. The molecule has 0 saturated carbocycles. The maximum atomic E-state index is 7.01. The van der Waals surface area contributed by atoms with Gasteiger partial charge in [0.25, 0.3) is 8.32 Å². The summed E-state index contributed by atoms with van der Waals surface area (Å²) in [5.74, 6) is 0.560. The molecule has 174 valence electrons. The van der Waals surface area contributed by atoms with E-state index in [1.54, 1.807) is 7.11 Å². The Balaban J connectivity index is 1.68. The van der Waals surface area contributed by atoms with Crippen LogP contribution in [0.5, 0.6) is 0 Å². The lowest BCUT2D eigenvalue weighted by molar-refractivity contribution is -0.0972. The summed E-state index contributed by atoms with van der Waals surface area (Å²) in [7, 11) is -0.712. The highest BCUT2D eigenvalue weighted by molar-refractivity contribution is 6.99. The number of unbranched alkanes of at least 4 members (excludes halogenated alkanes) is 1. The number of benzene rings is 2. The molecule has 4 heteroatoms. The van der Waals surface area contributed by atoms with Crippen molar-refractivity contribution in [3.63, 3.8) is 0 Å². The van der Waals surface area contributed by atoms with Gasteiger partial charge in [0.1, 0.15) is 0 Å². The lowest BCUT2D eigenvalue weighted by Crippen LogP contribution is -2.66. The van der Waals surface area contributed by atoms with Crippen molar-refractivity contribution in [1.82, 2.24) is 0 Å². The van der Waals surface area contributed by atoms with Crippen molar-refractivity contribution in [3.8, 4) is 0 Å². The Morgan fingerprint density at radius 1 is 0.969 bits per heavy atom. The van der Waals surface area contributed by atoms with Gasteiger partial charge in [0.2, 0.25) is 0 Å². The average molecular weight is 453 g/mol. The minimum atomic E-state index is -2.42. The van der Waals surface area contributed by atoms with Gasteiger partial charge in [-0.15, -0.1) is 0 Å². The molecule has 3 rings (SSSR count). The van der Waals surface area contributed by atoms with E-state index in [9.17, 15) is 0 Å².